The number of hydrogen-bond acceptors (Lipinski definition) is 5. The highest BCUT2D eigenvalue weighted by Gasteiger charge is 2.38. The topological polar surface area (TPSA) is 103 Å². The van der Waals surface area contributed by atoms with E-state index in [9.17, 15) is 27.4 Å². The number of nitrogens with zero attached hydrogens (tertiary/aromatic N) is 2. The lowest BCUT2D eigenvalue weighted by Crippen LogP contribution is -2.49. The SMILES string of the molecule is CC(C#N)(COc1cc(C#N)ccc1Cl)NC(=O)c1ccc(S(=O)C(F)(F)F)cc1. The van der Waals surface area contributed by atoms with E-state index in [1.807, 2.05) is 12.1 Å². The maximum absolute atomic E-state index is 12.5. The van der Waals surface area contributed by atoms with Crippen molar-refractivity contribution in [2.75, 3.05) is 6.61 Å². The third-order valence-electron chi connectivity index (χ3n) is 3.75. The Labute approximate surface area is 177 Å². The zero-order valence-electron chi connectivity index (χ0n) is 15.3. The first-order chi connectivity index (χ1) is 14.0. The highest BCUT2D eigenvalue weighted by molar-refractivity contribution is 7.86. The van der Waals surface area contributed by atoms with Crippen LogP contribution in [0.2, 0.25) is 5.02 Å². The molecular formula is C19H13ClF3N3O3S. The summed E-state index contributed by atoms with van der Waals surface area (Å²) < 4.78 is 54.3. The molecule has 0 radical (unpaired) electrons. The molecule has 0 aliphatic rings. The Balaban J connectivity index is 2.11. The van der Waals surface area contributed by atoms with Crippen LogP contribution < -0.4 is 10.1 Å². The maximum atomic E-state index is 12.5. The molecule has 0 bridgehead atoms. The minimum atomic E-state index is -4.91. The van der Waals surface area contributed by atoms with Gasteiger partial charge in [0.25, 0.3) is 5.91 Å². The zero-order valence-corrected chi connectivity index (χ0v) is 16.9. The zero-order chi connectivity index (χ0) is 22.5. The molecule has 0 aliphatic heterocycles. The molecule has 2 aromatic rings. The van der Waals surface area contributed by atoms with Gasteiger partial charge < -0.3 is 10.1 Å². The van der Waals surface area contributed by atoms with Crippen molar-refractivity contribution in [3.05, 3.63) is 58.6 Å². The number of rotatable bonds is 6. The number of halogens is 4. The van der Waals surface area contributed by atoms with Crippen LogP contribution in [0.15, 0.2) is 47.4 Å². The van der Waals surface area contributed by atoms with Crippen LogP contribution in [0.4, 0.5) is 13.2 Å². The fraction of sp³-hybridized carbons (Fsp3) is 0.211. The number of hydrogen-bond donors (Lipinski definition) is 1. The van der Waals surface area contributed by atoms with E-state index in [0.717, 1.165) is 24.3 Å². The van der Waals surface area contributed by atoms with E-state index >= 15 is 0 Å². The summed E-state index contributed by atoms with van der Waals surface area (Å²) >= 11 is 5.99. The minimum absolute atomic E-state index is 0.0380. The number of nitrogens with one attached hydrogen (secondary N) is 1. The Kier molecular flexibility index (Phi) is 7.08. The van der Waals surface area contributed by atoms with Crippen LogP contribution in [0, 0.1) is 22.7 Å². The summed E-state index contributed by atoms with van der Waals surface area (Å²) in [7, 11) is -3.21. The predicted octanol–water partition coefficient (Wildman–Crippen LogP) is 3.93. The second-order valence-electron chi connectivity index (χ2n) is 6.18. The fourth-order valence-electron chi connectivity index (χ4n) is 2.19. The van der Waals surface area contributed by atoms with Crippen molar-refractivity contribution in [3.8, 4) is 17.9 Å². The van der Waals surface area contributed by atoms with Gasteiger partial charge in [-0.25, -0.2) is 4.21 Å². The van der Waals surface area contributed by atoms with Crippen LogP contribution in [0.1, 0.15) is 22.8 Å². The largest absolute Gasteiger partial charge is 0.488 e. The number of alkyl halides is 3. The van der Waals surface area contributed by atoms with E-state index in [-0.39, 0.29) is 28.5 Å². The van der Waals surface area contributed by atoms with Gasteiger partial charge in [-0.05, 0) is 49.4 Å². The number of benzene rings is 2. The first kappa shape index (κ1) is 23.2. The molecule has 0 heterocycles. The van der Waals surface area contributed by atoms with Gasteiger partial charge in [-0.15, -0.1) is 0 Å². The van der Waals surface area contributed by atoms with Crippen molar-refractivity contribution < 1.29 is 26.9 Å². The average molecular weight is 456 g/mol. The van der Waals surface area contributed by atoms with Crippen LogP contribution >= 0.6 is 11.6 Å². The van der Waals surface area contributed by atoms with Crippen LogP contribution in [0.25, 0.3) is 0 Å². The Morgan fingerprint density at radius 3 is 2.37 bits per heavy atom. The standard InChI is InChI=1S/C19H13ClF3N3O3S/c1-18(10-25,11-29-16-8-12(9-24)2-7-15(16)20)26-17(27)13-3-5-14(6-4-13)30(28)19(21,22)23/h2-8H,11H2,1H3,(H,26,27). The maximum Gasteiger partial charge on any atom is 0.475 e. The van der Waals surface area contributed by atoms with E-state index < -0.39 is 32.6 Å². The number of ether oxygens (including phenoxy) is 1. The normalized spacial score (nSPS) is 14.0. The van der Waals surface area contributed by atoms with E-state index in [1.165, 1.54) is 25.1 Å². The molecule has 6 nitrogen and oxygen atoms in total. The molecule has 2 unspecified atom stereocenters. The molecule has 1 amide bonds. The molecule has 0 spiro atoms. The third kappa shape index (κ3) is 5.72. The Hall–Kier alpha value is -3.08. The smallest absolute Gasteiger partial charge is 0.475 e. The lowest BCUT2D eigenvalue weighted by molar-refractivity contribution is -0.0384. The van der Waals surface area contributed by atoms with E-state index in [2.05, 4.69) is 5.32 Å². The summed E-state index contributed by atoms with van der Waals surface area (Å²) in [6.07, 6.45) is 0. The van der Waals surface area contributed by atoms with E-state index in [0.29, 0.717) is 0 Å². The van der Waals surface area contributed by atoms with Gasteiger partial charge in [0.05, 0.1) is 22.7 Å². The molecule has 0 aliphatic carbocycles. The van der Waals surface area contributed by atoms with Gasteiger partial charge in [-0.2, -0.15) is 23.7 Å². The average Bonchev–Trinajstić information content (AvgIpc) is 2.72. The lowest BCUT2D eigenvalue weighted by Gasteiger charge is -2.24. The predicted molar refractivity (Wildman–Crippen MR) is 102 cm³/mol. The summed E-state index contributed by atoms with van der Waals surface area (Å²) in [5.74, 6) is -0.603. The quantitative estimate of drug-likeness (QED) is 0.710. The van der Waals surface area contributed by atoms with Crippen LogP contribution in [-0.2, 0) is 10.8 Å². The molecule has 11 heteroatoms. The summed E-state index contributed by atoms with van der Waals surface area (Å²) in [6.45, 7) is 1.06. The van der Waals surface area contributed by atoms with Crippen LogP contribution in [0.3, 0.4) is 0 Å². The summed E-state index contributed by atoms with van der Waals surface area (Å²) in [4.78, 5) is 11.9. The van der Waals surface area contributed by atoms with Gasteiger partial charge >= 0.3 is 5.51 Å². The molecule has 0 saturated heterocycles. The van der Waals surface area contributed by atoms with Crippen molar-refractivity contribution >= 4 is 28.3 Å². The highest BCUT2D eigenvalue weighted by Crippen LogP contribution is 2.27. The molecule has 30 heavy (non-hydrogen) atoms. The molecule has 156 valence electrons. The summed E-state index contributed by atoms with van der Waals surface area (Å²) in [5, 5.41) is 21.0. The van der Waals surface area contributed by atoms with Gasteiger partial charge in [0.15, 0.2) is 16.3 Å². The monoisotopic (exact) mass is 455 g/mol. The molecule has 0 saturated carbocycles. The van der Waals surface area contributed by atoms with E-state index in [1.54, 1.807) is 0 Å². The molecule has 2 atom stereocenters. The molecule has 2 aromatic carbocycles. The number of carbonyl (C=O) groups is 1. The van der Waals surface area contributed by atoms with Crippen LogP contribution in [-0.4, -0.2) is 27.8 Å². The summed E-state index contributed by atoms with van der Waals surface area (Å²) in [5.41, 5.74) is -6.18. The first-order valence-electron chi connectivity index (χ1n) is 8.14. The third-order valence-corrected chi connectivity index (χ3v) is 5.19. The lowest BCUT2D eigenvalue weighted by atomic mass is 10.1. The number of carbonyl (C=O) groups excluding carboxylic acids is 1. The fourth-order valence-corrected chi connectivity index (χ4v) is 3.01. The van der Waals surface area contributed by atoms with Gasteiger partial charge in [-0.1, -0.05) is 11.6 Å². The van der Waals surface area contributed by atoms with Crippen LogP contribution in [0.5, 0.6) is 5.75 Å². The van der Waals surface area contributed by atoms with E-state index in [4.69, 9.17) is 21.6 Å². The Morgan fingerprint density at radius 1 is 1.20 bits per heavy atom. The van der Waals surface area contributed by atoms with Crippen molar-refractivity contribution in [1.82, 2.24) is 5.32 Å². The van der Waals surface area contributed by atoms with Gasteiger partial charge in [0, 0.05) is 10.5 Å². The molecule has 2 rings (SSSR count). The van der Waals surface area contributed by atoms with Gasteiger partial charge in [-0.3, -0.25) is 4.79 Å². The second-order valence-corrected chi connectivity index (χ2v) is 8.06. The Bertz CT molecular complexity index is 1060. The van der Waals surface area contributed by atoms with Crippen molar-refractivity contribution in [1.29, 1.82) is 10.5 Å². The number of nitriles is 2. The van der Waals surface area contributed by atoms with Crippen molar-refractivity contribution in [3.63, 3.8) is 0 Å². The number of amides is 1. The van der Waals surface area contributed by atoms with Gasteiger partial charge in [0.1, 0.15) is 12.4 Å². The highest BCUT2D eigenvalue weighted by atomic mass is 35.5. The van der Waals surface area contributed by atoms with Crippen molar-refractivity contribution in [2.45, 2.75) is 22.9 Å². The molecule has 0 fully saturated rings. The van der Waals surface area contributed by atoms with Crippen molar-refractivity contribution in [2.24, 2.45) is 0 Å². The molecule has 1 N–H and O–H groups in total. The van der Waals surface area contributed by atoms with Gasteiger partial charge in [0.2, 0.25) is 0 Å². The molecule has 0 aromatic heterocycles. The second kappa shape index (κ2) is 9.16. The Morgan fingerprint density at radius 2 is 1.83 bits per heavy atom. The summed E-state index contributed by atoms with van der Waals surface area (Å²) in [6, 6.07) is 12.1. The molecular weight excluding hydrogens is 443 g/mol. The minimum Gasteiger partial charge on any atom is -0.488 e. The first-order valence-corrected chi connectivity index (χ1v) is 9.67.